The summed E-state index contributed by atoms with van der Waals surface area (Å²) in [7, 11) is 0. The Morgan fingerprint density at radius 3 is 2.71 bits per heavy atom. The molecule has 2 aliphatic carbocycles. The summed E-state index contributed by atoms with van der Waals surface area (Å²) < 4.78 is 20.4. The number of benzene rings is 1. The van der Waals surface area contributed by atoms with E-state index in [1.54, 1.807) is 0 Å². The van der Waals surface area contributed by atoms with Crippen LogP contribution in [-0.2, 0) is 12.8 Å². The van der Waals surface area contributed by atoms with Gasteiger partial charge in [0.05, 0.1) is 16.8 Å². The highest BCUT2D eigenvalue weighted by Gasteiger charge is 2.24. The second-order valence-corrected chi connectivity index (χ2v) is 6.87. The molecule has 0 amide bonds. The van der Waals surface area contributed by atoms with Crippen molar-refractivity contribution in [3.8, 4) is 22.8 Å². The first-order chi connectivity index (χ1) is 11.6. The topological polar surface area (TPSA) is 55.2 Å². The van der Waals surface area contributed by atoms with Gasteiger partial charge < -0.3 is 9.84 Å². The number of hydrogen-bond donors (Lipinski definition) is 1. The first-order valence-corrected chi connectivity index (χ1v) is 8.74. The molecule has 0 unspecified atom stereocenters. The van der Waals surface area contributed by atoms with Crippen LogP contribution in [0.25, 0.3) is 11.3 Å². The van der Waals surface area contributed by atoms with Crippen LogP contribution in [0.15, 0.2) is 12.1 Å². The van der Waals surface area contributed by atoms with Crippen molar-refractivity contribution < 1.29 is 14.2 Å². The minimum atomic E-state index is -0.540. The molecule has 0 spiro atoms. The van der Waals surface area contributed by atoms with E-state index in [4.69, 9.17) is 16.3 Å². The number of halogens is 2. The third-order valence-electron chi connectivity index (χ3n) is 4.84. The Bertz CT molecular complexity index is 791. The van der Waals surface area contributed by atoms with E-state index in [0.717, 1.165) is 56.2 Å². The molecule has 4 rings (SSSR count). The molecule has 1 aromatic carbocycles. The number of aryl methyl sites for hydroxylation is 1. The summed E-state index contributed by atoms with van der Waals surface area (Å²) in [4.78, 5) is 0. The first kappa shape index (κ1) is 15.6. The fourth-order valence-electron chi connectivity index (χ4n) is 3.56. The van der Waals surface area contributed by atoms with Crippen molar-refractivity contribution in [2.75, 3.05) is 0 Å². The minimum absolute atomic E-state index is 0.0190. The Morgan fingerprint density at radius 2 is 1.92 bits per heavy atom. The van der Waals surface area contributed by atoms with E-state index in [1.165, 1.54) is 12.1 Å². The standard InChI is InChI=1S/C18H18ClFN2O2/c19-13-9-14(20)12(8-16(13)24-10-4-1-2-5-10)17-18(23)11-6-3-7-15(11)21-22-17/h8-10H,1-7H2,(H,21,23). The van der Waals surface area contributed by atoms with Crippen LogP contribution in [0.3, 0.4) is 0 Å². The summed E-state index contributed by atoms with van der Waals surface area (Å²) in [5.74, 6) is -0.0893. The van der Waals surface area contributed by atoms with Gasteiger partial charge in [-0.25, -0.2) is 4.39 Å². The second-order valence-electron chi connectivity index (χ2n) is 6.46. The number of hydrogen-bond acceptors (Lipinski definition) is 4. The lowest BCUT2D eigenvalue weighted by atomic mass is 10.1. The number of fused-ring (bicyclic) bond motifs is 1. The van der Waals surface area contributed by atoms with E-state index in [-0.39, 0.29) is 28.1 Å². The summed E-state index contributed by atoms with van der Waals surface area (Å²) in [6.07, 6.45) is 6.81. The van der Waals surface area contributed by atoms with Crippen LogP contribution in [0.1, 0.15) is 43.4 Å². The lowest BCUT2D eigenvalue weighted by Crippen LogP contribution is -2.11. The van der Waals surface area contributed by atoms with E-state index in [9.17, 15) is 9.50 Å². The fraction of sp³-hybridized carbons (Fsp3) is 0.444. The van der Waals surface area contributed by atoms with E-state index in [2.05, 4.69) is 10.2 Å². The molecule has 1 N–H and O–H groups in total. The van der Waals surface area contributed by atoms with Crippen molar-refractivity contribution in [2.24, 2.45) is 0 Å². The molecule has 0 bridgehead atoms. The fourth-order valence-corrected chi connectivity index (χ4v) is 3.76. The van der Waals surface area contributed by atoms with Gasteiger partial charge in [0.1, 0.15) is 23.0 Å². The number of aromatic hydroxyl groups is 1. The van der Waals surface area contributed by atoms with Gasteiger partial charge in [0, 0.05) is 11.1 Å². The molecule has 0 atom stereocenters. The van der Waals surface area contributed by atoms with Gasteiger partial charge >= 0.3 is 0 Å². The maximum Gasteiger partial charge on any atom is 0.148 e. The lowest BCUT2D eigenvalue weighted by molar-refractivity contribution is 0.210. The first-order valence-electron chi connectivity index (χ1n) is 8.37. The van der Waals surface area contributed by atoms with Gasteiger partial charge in [-0.3, -0.25) is 0 Å². The molecule has 1 heterocycles. The number of ether oxygens (including phenoxy) is 1. The number of rotatable bonds is 3. The van der Waals surface area contributed by atoms with Crippen molar-refractivity contribution in [1.82, 2.24) is 10.2 Å². The molecule has 0 aliphatic heterocycles. The van der Waals surface area contributed by atoms with Crippen LogP contribution in [-0.4, -0.2) is 21.4 Å². The van der Waals surface area contributed by atoms with Crippen LogP contribution in [0.5, 0.6) is 11.5 Å². The van der Waals surface area contributed by atoms with Gasteiger partial charge in [-0.15, -0.1) is 5.10 Å². The average Bonchev–Trinajstić information content (AvgIpc) is 3.22. The average molecular weight is 349 g/mol. The number of nitrogens with zero attached hydrogens (tertiary/aromatic N) is 2. The molecule has 1 saturated carbocycles. The molecule has 6 heteroatoms. The summed E-state index contributed by atoms with van der Waals surface area (Å²) in [5.41, 5.74) is 1.90. The van der Waals surface area contributed by atoms with Crippen LogP contribution in [0, 0.1) is 5.82 Å². The summed E-state index contributed by atoms with van der Waals surface area (Å²) in [5, 5.41) is 18.9. The zero-order chi connectivity index (χ0) is 16.7. The molecule has 0 radical (unpaired) electrons. The zero-order valence-electron chi connectivity index (χ0n) is 13.2. The molecule has 0 saturated heterocycles. The van der Waals surface area contributed by atoms with E-state index in [1.807, 2.05) is 0 Å². The van der Waals surface area contributed by atoms with Gasteiger partial charge in [0.15, 0.2) is 0 Å². The maximum absolute atomic E-state index is 14.4. The monoisotopic (exact) mass is 348 g/mol. The van der Waals surface area contributed by atoms with Crippen molar-refractivity contribution in [3.05, 3.63) is 34.2 Å². The second kappa shape index (κ2) is 6.20. The quantitative estimate of drug-likeness (QED) is 0.890. The molecule has 126 valence electrons. The molecular weight excluding hydrogens is 331 g/mol. The van der Waals surface area contributed by atoms with Gasteiger partial charge in [0.2, 0.25) is 0 Å². The highest BCUT2D eigenvalue weighted by atomic mass is 35.5. The highest BCUT2D eigenvalue weighted by Crippen LogP contribution is 2.40. The number of aromatic nitrogens is 2. The SMILES string of the molecule is Oc1c(-c2cc(OC3CCCC3)c(Cl)cc2F)nnc2c1CCC2. The molecule has 2 aliphatic rings. The van der Waals surface area contributed by atoms with Crippen molar-refractivity contribution in [1.29, 1.82) is 0 Å². The highest BCUT2D eigenvalue weighted by molar-refractivity contribution is 6.32. The smallest absolute Gasteiger partial charge is 0.148 e. The predicted octanol–water partition coefficient (Wildman–Crippen LogP) is 4.45. The Hall–Kier alpha value is -1.88. The zero-order valence-corrected chi connectivity index (χ0v) is 13.9. The third kappa shape index (κ3) is 2.71. The van der Waals surface area contributed by atoms with Gasteiger partial charge in [-0.2, -0.15) is 5.10 Å². The van der Waals surface area contributed by atoms with Crippen molar-refractivity contribution in [3.63, 3.8) is 0 Å². The lowest BCUT2D eigenvalue weighted by Gasteiger charge is -2.16. The van der Waals surface area contributed by atoms with Crippen molar-refractivity contribution >= 4 is 11.6 Å². The van der Waals surface area contributed by atoms with Crippen LogP contribution >= 0.6 is 11.6 Å². The van der Waals surface area contributed by atoms with Crippen LogP contribution < -0.4 is 4.74 Å². The Balaban J connectivity index is 1.75. The summed E-state index contributed by atoms with van der Waals surface area (Å²) >= 11 is 6.14. The Kier molecular flexibility index (Phi) is 4.04. The third-order valence-corrected chi connectivity index (χ3v) is 5.14. The van der Waals surface area contributed by atoms with E-state index < -0.39 is 5.82 Å². The molecule has 24 heavy (non-hydrogen) atoms. The van der Waals surface area contributed by atoms with Gasteiger partial charge in [-0.1, -0.05) is 11.6 Å². The Labute approximate surface area is 144 Å². The maximum atomic E-state index is 14.4. The van der Waals surface area contributed by atoms with E-state index >= 15 is 0 Å². The minimum Gasteiger partial charge on any atom is -0.505 e. The van der Waals surface area contributed by atoms with Gasteiger partial charge in [0.25, 0.3) is 0 Å². The predicted molar refractivity (Wildman–Crippen MR) is 89.0 cm³/mol. The Morgan fingerprint density at radius 1 is 1.12 bits per heavy atom. The van der Waals surface area contributed by atoms with Gasteiger partial charge in [-0.05, 0) is 57.1 Å². The molecule has 2 aromatic rings. The molecule has 4 nitrogen and oxygen atoms in total. The largest absolute Gasteiger partial charge is 0.505 e. The van der Waals surface area contributed by atoms with Crippen molar-refractivity contribution in [2.45, 2.75) is 51.0 Å². The molecular formula is C18H18ClFN2O2. The molecule has 1 aromatic heterocycles. The normalized spacial score (nSPS) is 17.2. The summed E-state index contributed by atoms with van der Waals surface area (Å²) in [6, 6.07) is 2.75. The molecule has 1 fully saturated rings. The van der Waals surface area contributed by atoms with E-state index in [0.29, 0.717) is 5.75 Å². The van der Waals surface area contributed by atoms with Crippen LogP contribution in [0.4, 0.5) is 4.39 Å². The van der Waals surface area contributed by atoms with Crippen LogP contribution in [0.2, 0.25) is 5.02 Å². The summed E-state index contributed by atoms with van der Waals surface area (Å²) in [6.45, 7) is 0.